The first-order valence-corrected chi connectivity index (χ1v) is 7.52. The second-order valence-electron chi connectivity index (χ2n) is 5.49. The molecule has 0 spiro atoms. The fraction of sp³-hybridized carbons (Fsp3) is 0.500. The van der Waals surface area contributed by atoms with Gasteiger partial charge >= 0.3 is 0 Å². The summed E-state index contributed by atoms with van der Waals surface area (Å²) in [5, 5.41) is 1.20. The maximum absolute atomic E-state index is 6.13. The van der Waals surface area contributed by atoms with Gasteiger partial charge in [-0.15, -0.1) is 0 Å². The van der Waals surface area contributed by atoms with Crippen LogP contribution in [-0.2, 0) is 0 Å². The molecule has 2 N–H and O–H groups in total. The van der Waals surface area contributed by atoms with Gasteiger partial charge in [0.15, 0.2) is 5.13 Å². The summed E-state index contributed by atoms with van der Waals surface area (Å²) < 4.78 is 1.29. The minimum absolute atomic E-state index is 0.396. The number of nitrogens with zero attached hydrogens (tertiary/aromatic N) is 2. The zero-order chi connectivity index (χ0) is 12.1. The minimum atomic E-state index is 0.396. The number of benzene rings is 1. The van der Waals surface area contributed by atoms with Crippen LogP contribution in [0.15, 0.2) is 24.3 Å². The Morgan fingerprint density at radius 3 is 2.61 bits per heavy atom. The molecule has 4 heteroatoms. The predicted octanol–water partition coefficient (Wildman–Crippen LogP) is 2.75. The molecule has 0 amide bonds. The van der Waals surface area contributed by atoms with Crippen LogP contribution in [0.4, 0.5) is 5.13 Å². The summed E-state index contributed by atoms with van der Waals surface area (Å²) in [7, 11) is 0. The fourth-order valence-electron chi connectivity index (χ4n) is 3.50. The molecule has 3 heterocycles. The third-order valence-electron chi connectivity index (χ3n) is 4.27. The lowest BCUT2D eigenvalue weighted by Crippen LogP contribution is -2.47. The van der Waals surface area contributed by atoms with Gasteiger partial charge in [0.2, 0.25) is 0 Å². The van der Waals surface area contributed by atoms with E-state index in [0.717, 1.165) is 18.4 Å². The molecule has 1 aromatic carbocycles. The number of hydrogen-bond acceptors (Lipinski definition) is 4. The summed E-state index contributed by atoms with van der Waals surface area (Å²) >= 11 is 1.83. The van der Waals surface area contributed by atoms with Crippen molar-refractivity contribution in [1.29, 1.82) is 0 Å². The van der Waals surface area contributed by atoms with Crippen molar-refractivity contribution in [3.63, 3.8) is 0 Å². The van der Waals surface area contributed by atoms with Gasteiger partial charge in [-0.25, -0.2) is 4.98 Å². The molecule has 2 fully saturated rings. The molecule has 0 aliphatic carbocycles. The molecule has 2 aliphatic rings. The van der Waals surface area contributed by atoms with Crippen LogP contribution < -0.4 is 10.6 Å². The molecule has 2 aliphatic heterocycles. The van der Waals surface area contributed by atoms with E-state index in [0.29, 0.717) is 18.1 Å². The Hall–Kier alpha value is -1.13. The summed E-state index contributed by atoms with van der Waals surface area (Å²) in [6.07, 6.45) is 4.83. The van der Waals surface area contributed by atoms with Crippen LogP contribution in [0, 0.1) is 0 Å². The van der Waals surface area contributed by atoms with Crippen LogP contribution in [0.5, 0.6) is 0 Å². The highest BCUT2D eigenvalue weighted by Crippen LogP contribution is 2.41. The topological polar surface area (TPSA) is 42.1 Å². The summed E-state index contributed by atoms with van der Waals surface area (Å²) in [4.78, 5) is 7.36. The van der Waals surface area contributed by atoms with Crippen molar-refractivity contribution in [2.75, 3.05) is 4.90 Å². The molecule has 1 aromatic heterocycles. The van der Waals surface area contributed by atoms with Gasteiger partial charge in [0.1, 0.15) is 0 Å². The van der Waals surface area contributed by atoms with Crippen LogP contribution in [0.1, 0.15) is 25.7 Å². The molecular formula is C14H17N3S. The van der Waals surface area contributed by atoms with E-state index in [9.17, 15) is 0 Å². The van der Waals surface area contributed by atoms with Gasteiger partial charge in [-0.2, -0.15) is 0 Å². The van der Waals surface area contributed by atoms with E-state index in [4.69, 9.17) is 10.7 Å². The zero-order valence-corrected chi connectivity index (χ0v) is 11.1. The summed E-state index contributed by atoms with van der Waals surface area (Å²) in [5.74, 6) is 0. The Balaban J connectivity index is 1.74. The summed E-state index contributed by atoms with van der Waals surface area (Å²) in [5.41, 5.74) is 7.26. The molecule has 4 rings (SSSR count). The standard InChI is InChI=1S/C14H17N3S/c15-9-7-10-5-6-11(8-9)17(10)14-16-12-3-1-2-4-13(12)18-14/h1-4,9-11H,5-8,15H2. The lowest BCUT2D eigenvalue weighted by molar-refractivity contribution is 0.414. The van der Waals surface area contributed by atoms with E-state index in [1.54, 1.807) is 0 Å². The maximum Gasteiger partial charge on any atom is 0.186 e. The molecule has 94 valence electrons. The summed E-state index contributed by atoms with van der Waals surface area (Å²) in [6.45, 7) is 0. The first-order chi connectivity index (χ1) is 8.81. The second-order valence-corrected chi connectivity index (χ2v) is 6.50. The van der Waals surface area contributed by atoms with E-state index in [2.05, 4.69) is 29.2 Å². The van der Waals surface area contributed by atoms with Crippen molar-refractivity contribution in [1.82, 2.24) is 4.98 Å². The van der Waals surface area contributed by atoms with Crippen LogP contribution >= 0.6 is 11.3 Å². The minimum Gasteiger partial charge on any atom is -0.342 e. The van der Waals surface area contributed by atoms with Crippen molar-refractivity contribution in [2.24, 2.45) is 5.73 Å². The number of thiazole rings is 1. The molecule has 2 bridgehead atoms. The number of para-hydroxylation sites is 1. The average molecular weight is 259 g/mol. The first-order valence-electron chi connectivity index (χ1n) is 6.71. The first kappa shape index (κ1) is 10.8. The van der Waals surface area contributed by atoms with Crippen LogP contribution in [-0.4, -0.2) is 23.1 Å². The van der Waals surface area contributed by atoms with Gasteiger partial charge in [0, 0.05) is 18.1 Å². The van der Waals surface area contributed by atoms with Crippen molar-refractivity contribution >= 4 is 26.7 Å². The number of anilines is 1. The van der Waals surface area contributed by atoms with Crippen molar-refractivity contribution in [3.8, 4) is 0 Å². The van der Waals surface area contributed by atoms with Crippen LogP contribution in [0.3, 0.4) is 0 Å². The van der Waals surface area contributed by atoms with Crippen LogP contribution in [0.2, 0.25) is 0 Å². The Labute approximate surface area is 111 Å². The van der Waals surface area contributed by atoms with Crippen molar-refractivity contribution in [2.45, 2.75) is 43.8 Å². The van der Waals surface area contributed by atoms with E-state index in [1.807, 2.05) is 11.3 Å². The number of fused-ring (bicyclic) bond motifs is 3. The van der Waals surface area contributed by atoms with Gasteiger partial charge < -0.3 is 10.6 Å². The van der Waals surface area contributed by atoms with E-state index in [-0.39, 0.29) is 0 Å². The SMILES string of the molecule is NC1CC2CCC(C1)N2c1nc2ccccc2s1. The zero-order valence-electron chi connectivity index (χ0n) is 10.2. The lowest BCUT2D eigenvalue weighted by atomic mass is 9.99. The fourth-order valence-corrected chi connectivity index (χ4v) is 4.61. The summed E-state index contributed by atoms with van der Waals surface area (Å²) in [6, 6.07) is 10.1. The Morgan fingerprint density at radius 2 is 1.89 bits per heavy atom. The van der Waals surface area contributed by atoms with Gasteiger partial charge in [-0.3, -0.25) is 0 Å². The highest BCUT2D eigenvalue weighted by Gasteiger charge is 2.40. The number of nitrogens with two attached hydrogens (primary N) is 1. The van der Waals surface area contributed by atoms with E-state index in [1.165, 1.54) is 22.7 Å². The van der Waals surface area contributed by atoms with Gasteiger partial charge in [-0.1, -0.05) is 23.5 Å². The van der Waals surface area contributed by atoms with Crippen molar-refractivity contribution in [3.05, 3.63) is 24.3 Å². The Kier molecular flexibility index (Phi) is 2.35. The second kappa shape index (κ2) is 3.93. The molecule has 18 heavy (non-hydrogen) atoms. The molecule has 3 nitrogen and oxygen atoms in total. The molecule has 2 unspecified atom stereocenters. The van der Waals surface area contributed by atoms with E-state index >= 15 is 0 Å². The molecule has 0 radical (unpaired) electrons. The third-order valence-corrected chi connectivity index (χ3v) is 5.32. The normalized spacial score (nSPS) is 31.2. The predicted molar refractivity (Wildman–Crippen MR) is 76.1 cm³/mol. The Morgan fingerprint density at radius 1 is 1.17 bits per heavy atom. The molecular weight excluding hydrogens is 242 g/mol. The number of rotatable bonds is 1. The third kappa shape index (κ3) is 1.56. The van der Waals surface area contributed by atoms with Crippen molar-refractivity contribution < 1.29 is 0 Å². The molecule has 0 saturated carbocycles. The monoisotopic (exact) mass is 259 g/mol. The van der Waals surface area contributed by atoms with E-state index < -0.39 is 0 Å². The smallest absolute Gasteiger partial charge is 0.186 e. The average Bonchev–Trinajstić information content (AvgIpc) is 2.88. The molecule has 2 atom stereocenters. The van der Waals surface area contributed by atoms with Gasteiger partial charge in [0.25, 0.3) is 0 Å². The lowest BCUT2D eigenvalue weighted by Gasteiger charge is -2.37. The van der Waals surface area contributed by atoms with Gasteiger partial charge in [-0.05, 0) is 37.8 Å². The number of aromatic nitrogens is 1. The highest BCUT2D eigenvalue weighted by molar-refractivity contribution is 7.22. The van der Waals surface area contributed by atoms with Crippen LogP contribution in [0.25, 0.3) is 10.2 Å². The largest absolute Gasteiger partial charge is 0.342 e. The number of hydrogen-bond donors (Lipinski definition) is 1. The quantitative estimate of drug-likeness (QED) is 0.856. The molecule has 2 aromatic rings. The highest BCUT2D eigenvalue weighted by atomic mass is 32.1. The number of piperidine rings is 1. The molecule has 2 saturated heterocycles. The maximum atomic E-state index is 6.13. The van der Waals surface area contributed by atoms with Gasteiger partial charge in [0.05, 0.1) is 10.2 Å². The Bertz CT molecular complexity index is 532.